The normalized spacial score (nSPS) is 11.1. The van der Waals surface area contributed by atoms with E-state index < -0.39 is 5.97 Å². The van der Waals surface area contributed by atoms with E-state index in [0.29, 0.717) is 12.8 Å². The Kier molecular flexibility index (Phi) is 4.14. The van der Waals surface area contributed by atoms with Gasteiger partial charge in [-0.1, -0.05) is 6.92 Å². The van der Waals surface area contributed by atoms with E-state index >= 15 is 0 Å². The molecular weight excluding hydrogens is 247 g/mol. The van der Waals surface area contributed by atoms with Crippen molar-refractivity contribution in [3.8, 4) is 0 Å². The standard InChI is InChI=1S/C14H17FN2O2/c1-2-8-17-12-9-10(15)6-7-11(12)16-13(17)4-3-5-14(18)19/h6-7,9H,2-5,8H2,1H3,(H,18,19). The number of fused-ring (bicyclic) bond motifs is 1. The highest BCUT2D eigenvalue weighted by Gasteiger charge is 2.11. The fourth-order valence-corrected chi connectivity index (χ4v) is 2.21. The number of hydrogen-bond donors (Lipinski definition) is 1. The largest absolute Gasteiger partial charge is 0.481 e. The van der Waals surface area contributed by atoms with Crippen molar-refractivity contribution in [1.29, 1.82) is 0 Å². The third-order valence-corrected chi connectivity index (χ3v) is 3.03. The van der Waals surface area contributed by atoms with Crippen molar-refractivity contribution in [3.63, 3.8) is 0 Å². The van der Waals surface area contributed by atoms with Gasteiger partial charge in [0.2, 0.25) is 0 Å². The number of aromatic nitrogens is 2. The van der Waals surface area contributed by atoms with Crippen LogP contribution in [0, 0.1) is 5.82 Å². The minimum atomic E-state index is -0.802. The zero-order valence-corrected chi connectivity index (χ0v) is 10.9. The second-order valence-electron chi connectivity index (χ2n) is 4.56. The molecule has 0 atom stereocenters. The number of halogens is 1. The number of hydrogen-bond acceptors (Lipinski definition) is 2. The first-order chi connectivity index (χ1) is 9.11. The average molecular weight is 264 g/mol. The summed E-state index contributed by atoms with van der Waals surface area (Å²) in [5.41, 5.74) is 1.55. The third-order valence-electron chi connectivity index (χ3n) is 3.03. The lowest BCUT2D eigenvalue weighted by Gasteiger charge is -2.07. The molecule has 0 aliphatic carbocycles. The Balaban J connectivity index is 2.30. The molecule has 2 rings (SSSR count). The van der Waals surface area contributed by atoms with Crippen molar-refractivity contribution in [1.82, 2.24) is 9.55 Å². The molecule has 0 amide bonds. The average Bonchev–Trinajstić information content (AvgIpc) is 2.68. The Labute approximate surface area is 110 Å². The van der Waals surface area contributed by atoms with Crippen molar-refractivity contribution in [3.05, 3.63) is 29.8 Å². The van der Waals surface area contributed by atoms with Crippen LogP contribution in [0.25, 0.3) is 11.0 Å². The van der Waals surface area contributed by atoms with Gasteiger partial charge in [0.15, 0.2) is 0 Å². The highest BCUT2D eigenvalue weighted by Crippen LogP contribution is 2.19. The predicted octanol–water partition coefficient (Wildman–Crippen LogP) is 2.99. The molecule has 1 N–H and O–H groups in total. The molecule has 0 aliphatic heterocycles. The fourth-order valence-electron chi connectivity index (χ4n) is 2.21. The van der Waals surface area contributed by atoms with Crippen LogP contribution in [0.1, 0.15) is 32.0 Å². The zero-order chi connectivity index (χ0) is 13.8. The number of nitrogens with zero attached hydrogens (tertiary/aromatic N) is 2. The van der Waals surface area contributed by atoms with E-state index in [1.807, 2.05) is 11.5 Å². The molecule has 1 aromatic carbocycles. The van der Waals surface area contributed by atoms with E-state index in [9.17, 15) is 9.18 Å². The molecule has 1 aromatic heterocycles. The summed E-state index contributed by atoms with van der Waals surface area (Å²) in [7, 11) is 0. The molecule has 102 valence electrons. The molecule has 4 nitrogen and oxygen atoms in total. The maximum atomic E-state index is 13.3. The number of rotatable bonds is 6. The lowest BCUT2D eigenvalue weighted by atomic mass is 10.2. The Morgan fingerprint density at radius 1 is 1.47 bits per heavy atom. The van der Waals surface area contributed by atoms with E-state index in [4.69, 9.17) is 5.11 Å². The van der Waals surface area contributed by atoms with Crippen LogP contribution >= 0.6 is 0 Å². The van der Waals surface area contributed by atoms with Crippen molar-refractivity contribution >= 4 is 17.0 Å². The number of carboxylic acid groups (broad SMARTS) is 1. The Hall–Kier alpha value is -1.91. The van der Waals surface area contributed by atoms with Crippen LogP contribution in [-0.4, -0.2) is 20.6 Å². The van der Waals surface area contributed by atoms with Crippen LogP contribution in [0.4, 0.5) is 4.39 Å². The van der Waals surface area contributed by atoms with Gasteiger partial charge in [0.25, 0.3) is 0 Å². The molecule has 0 saturated carbocycles. The topological polar surface area (TPSA) is 55.1 Å². The van der Waals surface area contributed by atoms with Gasteiger partial charge in [0.1, 0.15) is 11.6 Å². The van der Waals surface area contributed by atoms with Gasteiger partial charge < -0.3 is 9.67 Å². The summed E-state index contributed by atoms with van der Waals surface area (Å²) >= 11 is 0. The third kappa shape index (κ3) is 3.10. The predicted molar refractivity (Wildman–Crippen MR) is 70.6 cm³/mol. The summed E-state index contributed by atoms with van der Waals surface area (Å²) in [5.74, 6) is -0.241. The fraction of sp³-hybridized carbons (Fsp3) is 0.429. The molecule has 0 bridgehead atoms. The molecule has 1 heterocycles. The van der Waals surface area contributed by atoms with E-state index in [1.165, 1.54) is 12.1 Å². The second kappa shape index (κ2) is 5.82. The van der Waals surface area contributed by atoms with Crippen molar-refractivity contribution in [2.45, 2.75) is 39.2 Å². The Morgan fingerprint density at radius 2 is 2.26 bits per heavy atom. The number of benzene rings is 1. The first-order valence-corrected chi connectivity index (χ1v) is 6.48. The summed E-state index contributed by atoms with van der Waals surface area (Å²) in [6.45, 7) is 2.81. The van der Waals surface area contributed by atoms with Crippen LogP contribution in [0.2, 0.25) is 0 Å². The van der Waals surface area contributed by atoms with Crippen molar-refractivity contribution in [2.75, 3.05) is 0 Å². The van der Waals surface area contributed by atoms with Gasteiger partial charge in [-0.25, -0.2) is 9.37 Å². The molecular formula is C14H17FN2O2. The van der Waals surface area contributed by atoms with Gasteiger partial charge in [-0.2, -0.15) is 0 Å². The molecule has 0 spiro atoms. The van der Waals surface area contributed by atoms with Crippen molar-refractivity contribution in [2.24, 2.45) is 0 Å². The van der Waals surface area contributed by atoms with Gasteiger partial charge in [0.05, 0.1) is 11.0 Å². The highest BCUT2D eigenvalue weighted by atomic mass is 19.1. The van der Waals surface area contributed by atoms with Crippen LogP contribution in [0.5, 0.6) is 0 Å². The molecule has 0 unspecified atom stereocenters. The SMILES string of the molecule is CCCn1c(CCCC(=O)O)nc2ccc(F)cc21. The molecule has 0 fully saturated rings. The monoisotopic (exact) mass is 264 g/mol. The molecule has 19 heavy (non-hydrogen) atoms. The number of imidazole rings is 1. The summed E-state index contributed by atoms with van der Waals surface area (Å²) in [5, 5.41) is 8.66. The maximum absolute atomic E-state index is 13.3. The van der Waals surface area contributed by atoms with Gasteiger partial charge in [-0.3, -0.25) is 4.79 Å². The smallest absolute Gasteiger partial charge is 0.303 e. The number of carboxylic acids is 1. The van der Waals surface area contributed by atoms with Crippen LogP contribution in [0.3, 0.4) is 0 Å². The quantitative estimate of drug-likeness (QED) is 0.872. The molecule has 5 heteroatoms. The van der Waals surface area contributed by atoms with E-state index in [2.05, 4.69) is 4.98 Å². The first-order valence-electron chi connectivity index (χ1n) is 6.48. The number of aryl methyl sites for hydroxylation is 2. The second-order valence-corrected chi connectivity index (χ2v) is 4.56. The minimum Gasteiger partial charge on any atom is -0.481 e. The van der Waals surface area contributed by atoms with Gasteiger partial charge in [-0.15, -0.1) is 0 Å². The first kappa shape index (κ1) is 13.5. The summed E-state index contributed by atoms with van der Waals surface area (Å²) < 4.78 is 15.3. The van der Waals surface area contributed by atoms with Gasteiger partial charge >= 0.3 is 5.97 Å². The van der Waals surface area contributed by atoms with E-state index in [0.717, 1.165) is 29.8 Å². The van der Waals surface area contributed by atoms with Crippen molar-refractivity contribution < 1.29 is 14.3 Å². The summed E-state index contributed by atoms with van der Waals surface area (Å²) in [6.07, 6.45) is 2.20. The molecule has 0 radical (unpaired) electrons. The van der Waals surface area contributed by atoms with E-state index in [-0.39, 0.29) is 12.2 Å². The maximum Gasteiger partial charge on any atom is 0.303 e. The van der Waals surface area contributed by atoms with Gasteiger partial charge in [0, 0.05) is 19.4 Å². The van der Waals surface area contributed by atoms with Gasteiger partial charge in [-0.05, 0) is 31.0 Å². The van der Waals surface area contributed by atoms with Crippen LogP contribution in [-0.2, 0) is 17.8 Å². The minimum absolute atomic E-state index is 0.129. The van der Waals surface area contributed by atoms with Crippen LogP contribution < -0.4 is 0 Å². The van der Waals surface area contributed by atoms with E-state index in [1.54, 1.807) is 6.07 Å². The Morgan fingerprint density at radius 3 is 2.95 bits per heavy atom. The zero-order valence-electron chi connectivity index (χ0n) is 10.9. The number of carbonyl (C=O) groups is 1. The highest BCUT2D eigenvalue weighted by molar-refractivity contribution is 5.76. The lowest BCUT2D eigenvalue weighted by molar-refractivity contribution is -0.137. The molecule has 0 saturated heterocycles. The summed E-state index contributed by atoms with van der Waals surface area (Å²) in [6, 6.07) is 4.54. The van der Waals surface area contributed by atoms with Crippen LogP contribution in [0.15, 0.2) is 18.2 Å². The number of aliphatic carboxylic acids is 1. The lowest BCUT2D eigenvalue weighted by Crippen LogP contribution is -2.05. The molecule has 2 aromatic rings. The molecule has 0 aliphatic rings. The summed E-state index contributed by atoms with van der Waals surface area (Å²) in [4.78, 5) is 15.0. The Bertz CT molecular complexity index is 592.